The van der Waals surface area contributed by atoms with Gasteiger partial charge in [0.05, 0.1) is 6.34 Å². The molecule has 168 valence electrons. The summed E-state index contributed by atoms with van der Waals surface area (Å²) in [6, 6.07) is 0. The molecule has 31 heavy (non-hydrogen) atoms. The van der Waals surface area contributed by atoms with E-state index in [0.717, 1.165) is 38.5 Å². The highest BCUT2D eigenvalue weighted by Gasteiger charge is 2.33. The van der Waals surface area contributed by atoms with E-state index in [9.17, 15) is 13.2 Å². The number of aliphatic imine (C=N–C) groups is 1. The van der Waals surface area contributed by atoms with Crippen molar-refractivity contribution in [3.63, 3.8) is 0 Å². The Labute approximate surface area is 181 Å². The second-order valence-electron chi connectivity index (χ2n) is 7.25. The van der Waals surface area contributed by atoms with Crippen molar-refractivity contribution >= 4 is 11.9 Å². The van der Waals surface area contributed by atoms with Gasteiger partial charge in [-0.1, -0.05) is 43.5 Å². The number of halogens is 3. The summed E-state index contributed by atoms with van der Waals surface area (Å²) in [5.74, 6) is 0.637. The van der Waals surface area contributed by atoms with Gasteiger partial charge in [-0.2, -0.15) is 13.2 Å². The molecule has 0 aromatic carbocycles. The van der Waals surface area contributed by atoms with Gasteiger partial charge in [0.2, 0.25) is 0 Å². The maximum absolute atomic E-state index is 12.7. The van der Waals surface area contributed by atoms with Crippen LogP contribution in [0, 0.1) is 5.92 Å². The Hall–Kier alpha value is -2.87. The van der Waals surface area contributed by atoms with E-state index in [1.165, 1.54) is 17.8 Å². The minimum Gasteiger partial charge on any atom is -0.396 e. The fourth-order valence-electron chi connectivity index (χ4n) is 3.22. The molecule has 0 bridgehead atoms. The van der Waals surface area contributed by atoms with E-state index in [-0.39, 0.29) is 12.4 Å². The Bertz CT molecular complexity index is 841. The predicted molar refractivity (Wildman–Crippen MR) is 118 cm³/mol. The Morgan fingerprint density at radius 3 is 2.61 bits per heavy atom. The quantitative estimate of drug-likeness (QED) is 0.305. The van der Waals surface area contributed by atoms with Gasteiger partial charge in [-0.15, -0.1) is 0 Å². The van der Waals surface area contributed by atoms with Gasteiger partial charge in [0.15, 0.2) is 5.69 Å². The lowest BCUT2D eigenvalue weighted by atomic mass is 9.90. The number of rotatable bonds is 10. The van der Waals surface area contributed by atoms with Gasteiger partial charge in [0.25, 0.3) is 0 Å². The lowest BCUT2D eigenvalue weighted by molar-refractivity contribution is -0.140. The van der Waals surface area contributed by atoms with Crippen LogP contribution in [-0.2, 0) is 6.18 Å². The number of allylic oxidation sites excluding steroid dienone is 6. The van der Waals surface area contributed by atoms with Gasteiger partial charge in [0, 0.05) is 37.7 Å². The fourth-order valence-corrected chi connectivity index (χ4v) is 3.22. The maximum atomic E-state index is 12.7. The molecule has 2 heterocycles. The van der Waals surface area contributed by atoms with Crippen molar-refractivity contribution in [2.75, 3.05) is 19.7 Å². The summed E-state index contributed by atoms with van der Waals surface area (Å²) in [6.45, 7) is 9.36. The SMILES string of the molecule is C=C/C(=C\C=C\CCO)CC1CCN(/C=N/C=C(\C=C)c2nc(C(F)(F)F)c[nH]2)CC1. The van der Waals surface area contributed by atoms with E-state index in [0.29, 0.717) is 17.9 Å². The number of nitrogens with zero attached hydrogens (tertiary/aromatic N) is 3. The number of H-pyrrole nitrogens is 1. The monoisotopic (exact) mass is 434 g/mol. The van der Waals surface area contributed by atoms with E-state index >= 15 is 0 Å². The number of hydrogen-bond donors (Lipinski definition) is 2. The summed E-state index contributed by atoms with van der Waals surface area (Å²) < 4.78 is 38.1. The van der Waals surface area contributed by atoms with Crippen LogP contribution in [0.25, 0.3) is 5.57 Å². The molecule has 1 aromatic heterocycles. The minimum absolute atomic E-state index is 0.0787. The number of piperidine rings is 1. The van der Waals surface area contributed by atoms with Crippen molar-refractivity contribution in [3.05, 3.63) is 73.0 Å². The number of aliphatic hydroxyl groups excluding tert-OH is 1. The first kappa shape index (κ1) is 24.4. The summed E-state index contributed by atoms with van der Waals surface area (Å²) in [7, 11) is 0. The molecule has 0 unspecified atom stereocenters. The Balaban J connectivity index is 1.88. The van der Waals surface area contributed by atoms with E-state index in [1.54, 1.807) is 6.34 Å². The highest BCUT2D eigenvalue weighted by Crippen LogP contribution is 2.28. The summed E-state index contributed by atoms with van der Waals surface area (Å²) >= 11 is 0. The molecule has 0 spiro atoms. The number of hydrogen-bond acceptors (Lipinski definition) is 3. The zero-order valence-corrected chi connectivity index (χ0v) is 17.5. The van der Waals surface area contributed by atoms with Crippen LogP contribution in [0.4, 0.5) is 13.2 Å². The zero-order chi connectivity index (χ0) is 22.7. The fraction of sp³-hybridized carbons (Fsp3) is 0.391. The minimum atomic E-state index is -4.50. The van der Waals surface area contributed by atoms with Gasteiger partial charge in [-0.25, -0.2) is 9.98 Å². The number of nitrogens with one attached hydrogen (secondary N) is 1. The first-order valence-corrected chi connectivity index (χ1v) is 10.2. The summed E-state index contributed by atoms with van der Waals surface area (Å²) in [4.78, 5) is 12.4. The standard InChI is InChI=1S/C23H29F3N4O/c1-3-18(8-6-5-7-13-31)14-19-9-11-30(12-10-19)17-27-15-20(4-2)22-28-16-21(29-22)23(24,25)26/h3-6,8,15-17,19,31H,1-2,7,9-14H2,(H,28,29)/b6-5+,18-8+,20-15+,27-17+. The van der Waals surface area contributed by atoms with E-state index in [1.807, 2.05) is 24.3 Å². The molecule has 5 nitrogen and oxygen atoms in total. The number of imidazole rings is 1. The van der Waals surface area contributed by atoms with Crippen LogP contribution < -0.4 is 0 Å². The van der Waals surface area contributed by atoms with Gasteiger partial charge in [-0.05, 0) is 37.2 Å². The maximum Gasteiger partial charge on any atom is 0.434 e. The third-order valence-electron chi connectivity index (χ3n) is 4.98. The molecule has 1 aliphatic heterocycles. The van der Waals surface area contributed by atoms with Gasteiger partial charge >= 0.3 is 6.18 Å². The van der Waals surface area contributed by atoms with Gasteiger partial charge in [-0.3, -0.25) is 0 Å². The van der Waals surface area contributed by atoms with Crippen LogP contribution in [0.1, 0.15) is 37.2 Å². The van der Waals surface area contributed by atoms with Crippen molar-refractivity contribution in [2.24, 2.45) is 10.9 Å². The molecule has 2 N–H and O–H groups in total. The van der Waals surface area contributed by atoms with Crippen LogP contribution in [0.15, 0.2) is 66.5 Å². The molecule has 1 saturated heterocycles. The second kappa shape index (κ2) is 12.1. The molecule has 0 atom stereocenters. The van der Waals surface area contributed by atoms with E-state index in [2.05, 4.69) is 33.0 Å². The molecule has 2 rings (SSSR count). The van der Waals surface area contributed by atoms with Gasteiger partial charge in [0.1, 0.15) is 5.82 Å². The predicted octanol–water partition coefficient (Wildman–Crippen LogP) is 5.14. The van der Waals surface area contributed by atoms with Crippen molar-refractivity contribution in [2.45, 2.75) is 31.9 Å². The molecular formula is C23H29F3N4O. The molecule has 0 radical (unpaired) electrons. The average Bonchev–Trinajstić information content (AvgIpc) is 3.25. The first-order valence-electron chi connectivity index (χ1n) is 10.2. The molecule has 1 aliphatic rings. The number of aromatic nitrogens is 2. The van der Waals surface area contributed by atoms with E-state index in [4.69, 9.17) is 5.11 Å². The molecule has 1 aromatic rings. The highest BCUT2D eigenvalue weighted by molar-refractivity contribution is 5.70. The topological polar surface area (TPSA) is 64.5 Å². The number of aliphatic hydroxyl groups is 1. The summed E-state index contributed by atoms with van der Waals surface area (Å²) in [5.41, 5.74) is 0.589. The molecule has 1 fully saturated rings. The molecule has 0 amide bonds. The Kier molecular flexibility index (Phi) is 9.52. The molecular weight excluding hydrogens is 405 g/mol. The largest absolute Gasteiger partial charge is 0.434 e. The number of aromatic amines is 1. The van der Waals surface area contributed by atoms with Crippen molar-refractivity contribution in [1.82, 2.24) is 14.9 Å². The van der Waals surface area contributed by atoms with E-state index < -0.39 is 11.9 Å². The Morgan fingerprint density at radius 2 is 2.03 bits per heavy atom. The number of alkyl halides is 3. The second-order valence-corrected chi connectivity index (χ2v) is 7.25. The summed E-state index contributed by atoms with van der Waals surface area (Å²) in [5, 5.41) is 8.81. The average molecular weight is 435 g/mol. The smallest absolute Gasteiger partial charge is 0.396 e. The number of likely N-dealkylation sites (tertiary alicyclic amines) is 1. The van der Waals surface area contributed by atoms with Crippen molar-refractivity contribution in [3.8, 4) is 0 Å². The lowest BCUT2D eigenvalue weighted by Crippen LogP contribution is -2.32. The normalized spacial score (nSPS) is 17.1. The van der Waals surface area contributed by atoms with Crippen molar-refractivity contribution < 1.29 is 18.3 Å². The van der Waals surface area contributed by atoms with Crippen LogP contribution in [-0.4, -0.2) is 46.0 Å². The van der Waals surface area contributed by atoms with Crippen LogP contribution in [0.3, 0.4) is 0 Å². The molecule has 0 aliphatic carbocycles. The van der Waals surface area contributed by atoms with Crippen LogP contribution in [0.2, 0.25) is 0 Å². The third-order valence-corrected chi connectivity index (χ3v) is 4.98. The van der Waals surface area contributed by atoms with Crippen LogP contribution >= 0.6 is 0 Å². The van der Waals surface area contributed by atoms with Crippen LogP contribution in [0.5, 0.6) is 0 Å². The highest BCUT2D eigenvalue weighted by atomic mass is 19.4. The Morgan fingerprint density at radius 1 is 1.29 bits per heavy atom. The van der Waals surface area contributed by atoms with Crippen molar-refractivity contribution in [1.29, 1.82) is 0 Å². The lowest BCUT2D eigenvalue weighted by Gasteiger charge is -2.30. The third kappa shape index (κ3) is 8.05. The first-order chi connectivity index (χ1) is 14.9. The summed E-state index contributed by atoms with van der Waals surface area (Å²) in [6.07, 6.45) is 12.3. The molecule has 8 heteroatoms. The molecule has 0 saturated carbocycles. The van der Waals surface area contributed by atoms with Gasteiger partial charge < -0.3 is 15.0 Å². The zero-order valence-electron chi connectivity index (χ0n) is 17.5.